The van der Waals surface area contributed by atoms with Crippen molar-refractivity contribution in [2.24, 2.45) is 0 Å². The van der Waals surface area contributed by atoms with E-state index in [9.17, 15) is 0 Å². The van der Waals surface area contributed by atoms with Gasteiger partial charge < -0.3 is 0 Å². The molecular formula is C11H6Br2Cl2S. The fourth-order valence-corrected chi connectivity index (χ4v) is 4.38. The summed E-state index contributed by atoms with van der Waals surface area (Å²) in [5, 5.41) is 3.21. The maximum absolute atomic E-state index is 6.00. The quantitative estimate of drug-likeness (QED) is 0.519. The zero-order chi connectivity index (χ0) is 11.7. The molecule has 0 amide bonds. The van der Waals surface area contributed by atoms with Crippen LogP contribution in [0.25, 0.3) is 0 Å². The highest BCUT2D eigenvalue weighted by atomic mass is 79.9. The Morgan fingerprint density at radius 1 is 1.12 bits per heavy atom. The third-order valence-corrected chi connectivity index (χ3v) is 6.08. The summed E-state index contributed by atoms with van der Waals surface area (Å²) in [6, 6.07) is 7.70. The zero-order valence-corrected chi connectivity index (χ0v) is 13.4. The van der Waals surface area contributed by atoms with Crippen LogP contribution in [0.2, 0.25) is 10.0 Å². The molecule has 84 valence electrons. The van der Waals surface area contributed by atoms with Crippen LogP contribution >= 0.6 is 66.4 Å². The second kappa shape index (κ2) is 5.40. The summed E-state index contributed by atoms with van der Waals surface area (Å²) in [5.74, 6) is 0. The van der Waals surface area contributed by atoms with Gasteiger partial charge in [-0.15, -0.1) is 11.3 Å². The van der Waals surface area contributed by atoms with E-state index in [1.54, 1.807) is 11.3 Å². The van der Waals surface area contributed by atoms with Crippen LogP contribution < -0.4 is 0 Å². The first-order valence-corrected chi connectivity index (χ1v) is 7.76. The standard InChI is InChI=1S/C11H6Br2Cl2S/c12-7-3-4-16-11(7)10(13)6-1-2-8(14)9(15)5-6/h1-5,10H. The first kappa shape index (κ1) is 12.9. The third-order valence-electron chi connectivity index (χ3n) is 2.11. The summed E-state index contributed by atoms with van der Waals surface area (Å²) < 4.78 is 1.10. The van der Waals surface area contributed by atoms with Crippen molar-refractivity contribution in [3.63, 3.8) is 0 Å². The van der Waals surface area contributed by atoms with E-state index < -0.39 is 0 Å². The molecule has 0 saturated heterocycles. The Hall–Kier alpha value is 0.460. The highest BCUT2D eigenvalue weighted by molar-refractivity contribution is 9.11. The van der Waals surface area contributed by atoms with Crippen molar-refractivity contribution < 1.29 is 0 Å². The number of benzene rings is 1. The molecule has 0 fully saturated rings. The van der Waals surface area contributed by atoms with Gasteiger partial charge in [-0.3, -0.25) is 0 Å². The molecule has 0 nitrogen and oxygen atoms in total. The molecule has 1 atom stereocenters. The highest BCUT2D eigenvalue weighted by Crippen LogP contribution is 2.40. The van der Waals surface area contributed by atoms with E-state index >= 15 is 0 Å². The molecule has 16 heavy (non-hydrogen) atoms. The Morgan fingerprint density at radius 3 is 2.44 bits per heavy atom. The van der Waals surface area contributed by atoms with Crippen molar-refractivity contribution in [3.05, 3.63) is 54.6 Å². The maximum Gasteiger partial charge on any atom is 0.0749 e. The molecule has 1 unspecified atom stereocenters. The molecule has 0 N–H and O–H groups in total. The minimum Gasteiger partial charge on any atom is -0.146 e. The molecule has 2 rings (SSSR count). The van der Waals surface area contributed by atoms with Crippen LogP contribution in [-0.2, 0) is 0 Å². The fourth-order valence-electron chi connectivity index (χ4n) is 1.31. The van der Waals surface area contributed by atoms with Gasteiger partial charge in [-0.2, -0.15) is 0 Å². The molecular weight excluding hydrogens is 395 g/mol. The van der Waals surface area contributed by atoms with Crippen LogP contribution in [0.4, 0.5) is 0 Å². The van der Waals surface area contributed by atoms with E-state index in [2.05, 4.69) is 31.9 Å². The minimum absolute atomic E-state index is 0.136. The van der Waals surface area contributed by atoms with Crippen molar-refractivity contribution in [3.8, 4) is 0 Å². The van der Waals surface area contributed by atoms with Crippen LogP contribution in [0.5, 0.6) is 0 Å². The van der Waals surface area contributed by atoms with Gasteiger partial charge in [0.1, 0.15) is 0 Å². The van der Waals surface area contributed by atoms with Gasteiger partial charge in [0.2, 0.25) is 0 Å². The number of alkyl halides is 1. The van der Waals surface area contributed by atoms with E-state index in [0.717, 1.165) is 10.0 Å². The first-order chi connectivity index (χ1) is 7.59. The van der Waals surface area contributed by atoms with Crippen LogP contribution in [0.3, 0.4) is 0 Å². The zero-order valence-electron chi connectivity index (χ0n) is 7.88. The van der Waals surface area contributed by atoms with Gasteiger partial charge in [0, 0.05) is 9.35 Å². The third kappa shape index (κ3) is 2.65. The van der Waals surface area contributed by atoms with E-state index in [1.807, 2.05) is 29.6 Å². The monoisotopic (exact) mass is 398 g/mol. The predicted molar refractivity (Wildman–Crippen MR) is 79.3 cm³/mol. The lowest BCUT2D eigenvalue weighted by Gasteiger charge is -2.10. The number of hydrogen-bond acceptors (Lipinski definition) is 1. The average molecular weight is 401 g/mol. The predicted octanol–water partition coefficient (Wildman–Crippen LogP) is 6.30. The molecule has 0 aliphatic rings. The van der Waals surface area contributed by atoms with Gasteiger partial charge in [-0.05, 0) is 45.1 Å². The summed E-state index contributed by atoms with van der Waals surface area (Å²) in [7, 11) is 0. The lowest BCUT2D eigenvalue weighted by molar-refractivity contribution is 1.21. The number of rotatable bonds is 2. The lowest BCUT2D eigenvalue weighted by Crippen LogP contribution is -1.90. The Kier molecular flexibility index (Phi) is 4.36. The topological polar surface area (TPSA) is 0 Å². The number of thiophene rings is 1. The minimum atomic E-state index is 0.136. The summed E-state index contributed by atoms with van der Waals surface area (Å²) in [4.78, 5) is 1.36. The van der Waals surface area contributed by atoms with Crippen LogP contribution in [0.1, 0.15) is 15.3 Å². The molecule has 2 aromatic rings. The summed E-state index contributed by atoms with van der Waals surface area (Å²) in [6.07, 6.45) is 0. The number of halogens is 4. The largest absolute Gasteiger partial charge is 0.146 e. The van der Waals surface area contributed by atoms with Gasteiger partial charge in [-0.1, -0.05) is 45.2 Å². The highest BCUT2D eigenvalue weighted by Gasteiger charge is 2.15. The van der Waals surface area contributed by atoms with Crippen LogP contribution in [0.15, 0.2) is 34.1 Å². The Labute approximate surface area is 125 Å². The molecule has 0 aliphatic heterocycles. The van der Waals surface area contributed by atoms with Gasteiger partial charge in [0.05, 0.1) is 14.9 Å². The van der Waals surface area contributed by atoms with Crippen LogP contribution in [0, 0.1) is 0 Å². The fraction of sp³-hybridized carbons (Fsp3) is 0.0909. The van der Waals surface area contributed by atoms with Crippen molar-refractivity contribution in [1.82, 2.24) is 0 Å². The molecule has 0 spiro atoms. The molecule has 0 bridgehead atoms. The van der Waals surface area contributed by atoms with E-state index in [-0.39, 0.29) is 4.83 Å². The van der Waals surface area contributed by atoms with Gasteiger partial charge in [0.25, 0.3) is 0 Å². The van der Waals surface area contributed by atoms with Gasteiger partial charge in [0.15, 0.2) is 0 Å². The maximum atomic E-state index is 6.00. The lowest BCUT2D eigenvalue weighted by atomic mass is 10.1. The molecule has 0 saturated carbocycles. The van der Waals surface area contributed by atoms with E-state index in [0.29, 0.717) is 10.0 Å². The first-order valence-electron chi connectivity index (χ1n) is 4.41. The average Bonchev–Trinajstić information content (AvgIpc) is 2.67. The summed E-state index contributed by atoms with van der Waals surface area (Å²) in [6.45, 7) is 0. The SMILES string of the molecule is Clc1ccc(C(Br)c2sccc2Br)cc1Cl. The summed E-state index contributed by atoms with van der Waals surface area (Å²) >= 11 is 20.8. The molecule has 1 aromatic carbocycles. The molecule has 1 aromatic heterocycles. The van der Waals surface area contributed by atoms with Crippen molar-refractivity contribution >= 4 is 66.4 Å². The van der Waals surface area contributed by atoms with Crippen molar-refractivity contribution in [2.75, 3.05) is 0 Å². The van der Waals surface area contributed by atoms with E-state index in [1.165, 1.54) is 4.88 Å². The summed E-state index contributed by atoms with van der Waals surface area (Å²) in [5.41, 5.74) is 1.09. The normalized spacial score (nSPS) is 12.8. The molecule has 0 aliphatic carbocycles. The van der Waals surface area contributed by atoms with Crippen molar-refractivity contribution in [1.29, 1.82) is 0 Å². The van der Waals surface area contributed by atoms with Gasteiger partial charge >= 0.3 is 0 Å². The second-order valence-corrected chi connectivity index (χ2v) is 6.70. The Balaban J connectivity index is 2.38. The van der Waals surface area contributed by atoms with E-state index in [4.69, 9.17) is 23.2 Å². The smallest absolute Gasteiger partial charge is 0.0749 e. The molecule has 0 radical (unpaired) electrons. The molecule has 5 heteroatoms. The Bertz CT molecular complexity index is 510. The second-order valence-electron chi connectivity index (χ2n) is 3.17. The Morgan fingerprint density at radius 2 is 1.88 bits per heavy atom. The van der Waals surface area contributed by atoms with Gasteiger partial charge in [-0.25, -0.2) is 0 Å². The van der Waals surface area contributed by atoms with Crippen molar-refractivity contribution in [2.45, 2.75) is 4.83 Å². The number of hydrogen-bond donors (Lipinski definition) is 0. The van der Waals surface area contributed by atoms with Crippen LogP contribution in [-0.4, -0.2) is 0 Å². The molecule has 1 heterocycles.